The standard InChI is InChI=1S/C16H12Cl3FN4O3S/c17-16(18,19)14(22-13(25)9-1-3-10(20)4-2-9)23-15(28)21-11-5-7-12(8-6-11)24(26)27/h1-8,14H,(H,22,25)(H2,21,23,28)/t14-/m1/s1. The van der Waals surface area contributed by atoms with Gasteiger partial charge in [-0.1, -0.05) is 34.8 Å². The highest BCUT2D eigenvalue weighted by Crippen LogP contribution is 2.29. The molecule has 0 spiro atoms. The SMILES string of the molecule is O=C(N[C@H](NC(=S)Nc1ccc([N+](=O)[O-])cc1)C(Cl)(Cl)Cl)c1ccc(F)cc1. The van der Waals surface area contributed by atoms with Crippen LogP contribution in [0.15, 0.2) is 48.5 Å². The minimum absolute atomic E-state index is 0.00964. The lowest BCUT2D eigenvalue weighted by Gasteiger charge is -2.27. The van der Waals surface area contributed by atoms with Crippen LogP contribution in [0.4, 0.5) is 15.8 Å². The summed E-state index contributed by atoms with van der Waals surface area (Å²) < 4.78 is 11.0. The number of nitrogens with zero attached hydrogens (tertiary/aromatic N) is 1. The number of rotatable bonds is 5. The van der Waals surface area contributed by atoms with E-state index in [1.54, 1.807) is 0 Å². The first-order chi connectivity index (χ1) is 13.1. The summed E-state index contributed by atoms with van der Waals surface area (Å²) in [4.78, 5) is 22.4. The predicted molar refractivity (Wildman–Crippen MR) is 110 cm³/mol. The molecule has 7 nitrogen and oxygen atoms in total. The maximum absolute atomic E-state index is 13.0. The Hall–Kier alpha value is -2.20. The Labute approximate surface area is 179 Å². The van der Waals surface area contributed by atoms with Crippen molar-refractivity contribution in [3.63, 3.8) is 0 Å². The van der Waals surface area contributed by atoms with Gasteiger partial charge in [-0.05, 0) is 48.6 Å². The van der Waals surface area contributed by atoms with Crippen LogP contribution in [0.25, 0.3) is 0 Å². The molecule has 1 atom stereocenters. The zero-order valence-electron chi connectivity index (χ0n) is 13.8. The lowest BCUT2D eigenvalue weighted by atomic mass is 10.2. The summed E-state index contributed by atoms with van der Waals surface area (Å²) >= 11 is 22.8. The number of carbonyl (C=O) groups is 1. The van der Waals surface area contributed by atoms with Crippen molar-refractivity contribution in [2.75, 3.05) is 5.32 Å². The second-order valence-corrected chi connectivity index (χ2v) is 8.13. The number of nitro benzene ring substituents is 1. The molecular weight excluding hydrogens is 454 g/mol. The quantitative estimate of drug-likeness (QED) is 0.202. The van der Waals surface area contributed by atoms with Gasteiger partial charge in [-0.3, -0.25) is 14.9 Å². The molecule has 1 amide bonds. The maximum atomic E-state index is 13.0. The van der Waals surface area contributed by atoms with Gasteiger partial charge in [0.05, 0.1) is 4.92 Å². The van der Waals surface area contributed by atoms with Crippen LogP contribution in [0.5, 0.6) is 0 Å². The molecule has 0 bridgehead atoms. The number of non-ortho nitro benzene ring substituents is 1. The number of carbonyl (C=O) groups excluding carboxylic acids is 1. The van der Waals surface area contributed by atoms with E-state index in [-0.39, 0.29) is 16.4 Å². The van der Waals surface area contributed by atoms with E-state index in [1.165, 1.54) is 36.4 Å². The molecule has 0 aromatic heterocycles. The van der Waals surface area contributed by atoms with Gasteiger partial charge in [0.2, 0.25) is 3.79 Å². The van der Waals surface area contributed by atoms with E-state index in [2.05, 4.69) is 16.0 Å². The van der Waals surface area contributed by atoms with Gasteiger partial charge in [-0.2, -0.15) is 0 Å². The average Bonchev–Trinajstić information content (AvgIpc) is 2.61. The lowest BCUT2D eigenvalue weighted by Crippen LogP contribution is -2.56. The summed E-state index contributed by atoms with van der Waals surface area (Å²) in [6.07, 6.45) is -1.23. The third kappa shape index (κ3) is 6.45. The summed E-state index contributed by atoms with van der Waals surface area (Å²) in [5.41, 5.74) is 0.503. The second-order valence-electron chi connectivity index (χ2n) is 5.36. The van der Waals surface area contributed by atoms with E-state index in [9.17, 15) is 19.3 Å². The van der Waals surface area contributed by atoms with Gasteiger partial charge in [0.15, 0.2) is 5.11 Å². The second kappa shape index (κ2) is 9.33. The van der Waals surface area contributed by atoms with Crippen LogP contribution < -0.4 is 16.0 Å². The van der Waals surface area contributed by atoms with Crippen LogP contribution in [-0.4, -0.2) is 25.9 Å². The van der Waals surface area contributed by atoms with Crippen LogP contribution in [0, 0.1) is 15.9 Å². The Bertz CT molecular complexity index is 876. The first kappa shape index (κ1) is 22.1. The van der Waals surface area contributed by atoms with Crippen molar-refractivity contribution < 1.29 is 14.1 Å². The molecule has 0 saturated carbocycles. The third-order valence-corrected chi connectivity index (χ3v) is 4.20. The summed E-state index contributed by atoms with van der Waals surface area (Å²) in [6.45, 7) is 0. The fraction of sp³-hybridized carbons (Fsp3) is 0.125. The zero-order valence-corrected chi connectivity index (χ0v) is 16.9. The number of nitrogens with one attached hydrogen (secondary N) is 3. The van der Waals surface area contributed by atoms with Crippen molar-refractivity contribution in [2.24, 2.45) is 0 Å². The number of anilines is 1. The van der Waals surface area contributed by atoms with Crippen molar-refractivity contribution in [3.8, 4) is 0 Å². The van der Waals surface area contributed by atoms with Crippen LogP contribution >= 0.6 is 47.0 Å². The number of thiocarbonyl (C=S) groups is 1. The van der Waals surface area contributed by atoms with Gasteiger partial charge >= 0.3 is 0 Å². The smallest absolute Gasteiger partial charge is 0.269 e. The summed E-state index contributed by atoms with van der Waals surface area (Å²) in [6, 6.07) is 10.2. The molecule has 0 aliphatic rings. The molecule has 0 fully saturated rings. The molecule has 148 valence electrons. The molecule has 2 aromatic rings. The molecule has 0 radical (unpaired) electrons. The number of hydrogen-bond acceptors (Lipinski definition) is 4. The Morgan fingerprint density at radius 2 is 1.64 bits per heavy atom. The Balaban J connectivity index is 2.04. The van der Waals surface area contributed by atoms with Crippen LogP contribution in [0.2, 0.25) is 0 Å². The number of alkyl halides is 3. The fourth-order valence-corrected chi connectivity index (χ4v) is 2.54. The van der Waals surface area contributed by atoms with E-state index in [0.29, 0.717) is 5.69 Å². The van der Waals surface area contributed by atoms with Crippen molar-refractivity contribution in [1.29, 1.82) is 0 Å². The van der Waals surface area contributed by atoms with E-state index in [0.717, 1.165) is 12.1 Å². The highest BCUT2D eigenvalue weighted by atomic mass is 35.6. The molecule has 0 saturated heterocycles. The zero-order chi connectivity index (χ0) is 20.9. The van der Waals surface area contributed by atoms with Crippen LogP contribution in [0.1, 0.15) is 10.4 Å². The monoisotopic (exact) mass is 464 g/mol. The molecule has 0 aliphatic carbocycles. The van der Waals surface area contributed by atoms with E-state index < -0.39 is 26.6 Å². The van der Waals surface area contributed by atoms with E-state index in [1.807, 2.05) is 0 Å². The maximum Gasteiger partial charge on any atom is 0.269 e. The van der Waals surface area contributed by atoms with Crippen molar-refractivity contribution in [3.05, 3.63) is 70.0 Å². The topological polar surface area (TPSA) is 96.3 Å². The Kier molecular flexibility index (Phi) is 7.36. The first-order valence-electron chi connectivity index (χ1n) is 7.51. The van der Waals surface area contributed by atoms with Gasteiger partial charge in [0.1, 0.15) is 12.0 Å². The molecule has 3 N–H and O–H groups in total. The molecule has 0 heterocycles. The Morgan fingerprint density at radius 1 is 1.07 bits per heavy atom. The molecule has 28 heavy (non-hydrogen) atoms. The van der Waals surface area contributed by atoms with Gasteiger partial charge in [0, 0.05) is 23.4 Å². The molecule has 2 rings (SSSR count). The van der Waals surface area contributed by atoms with Crippen LogP contribution in [0.3, 0.4) is 0 Å². The molecule has 0 aliphatic heterocycles. The third-order valence-electron chi connectivity index (χ3n) is 3.32. The Morgan fingerprint density at radius 3 is 2.14 bits per heavy atom. The van der Waals surface area contributed by atoms with Gasteiger partial charge in [0.25, 0.3) is 11.6 Å². The number of halogens is 4. The van der Waals surface area contributed by atoms with Gasteiger partial charge < -0.3 is 16.0 Å². The van der Waals surface area contributed by atoms with Gasteiger partial charge in [-0.15, -0.1) is 0 Å². The number of benzene rings is 2. The summed E-state index contributed by atoms with van der Waals surface area (Å²) in [5, 5.41) is 18.5. The summed E-state index contributed by atoms with van der Waals surface area (Å²) in [7, 11) is 0. The minimum atomic E-state index is -1.98. The molecule has 0 unspecified atom stereocenters. The van der Waals surface area contributed by atoms with Gasteiger partial charge in [-0.25, -0.2) is 4.39 Å². The number of amides is 1. The predicted octanol–water partition coefficient (Wildman–Crippen LogP) is 4.15. The summed E-state index contributed by atoms with van der Waals surface area (Å²) in [5.74, 6) is -1.12. The fourth-order valence-electron chi connectivity index (χ4n) is 1.98. The molecular formula is C16H12Cl3FN4O3S. The normalized spacial score (nSPS) is 12.0. The highest BCUT2D eigenvalue weighted by Gasteiger charge is 2.34. The first-order valence-corrected chi connectivity index (χ1v) is 9.05. The van der Waals surface area contributed by atoms with Crippen molar-refractivity contribution >= 4 is 69.4 Å². The van der Waals surface area contributed by atoms with Crippen LogP contribution in [-0.2, 0) is 0 Å². The minimum Gasteiger partial charge on any atom is -0.339 e. The largest absolute Gasteiger partial charge is 0.339 e. The van der Waals surface area contributed by atoms with Crippen molar-refractivity contribution in [2.45, 2.75) is 9.96 Å². The molecule has 2 aromatic carbocycles. The van der Waals surface area contributed by atoms with Crippen molar-refractivity contribution in [1.82, 2.24) is 10.6 Å². The van der Waals surface area contributed by atoms with E-state index >= 15 is 0 Å². The lowest BCUT2D eigenvalue weighted by molar-refractivity contribution is -0.384. The average molecular weight is 466 g/mol. The number of nitro groups is 1. The van der Waals surface area contributed by atoms with E-state index in [4.69, 9.17) is 47.0 Å². The number of hydrogen-bond donors (Lipinski definition) is 3. The molecule has 12 heteroatoms. The highest BCUT2D eigenvalue weighted by molar-refractivity contribution is 7.80.